The Labute approximate surface area is 207 Å². The number of hydrogen-bond donors (Lipinski definition) is 2. The van der Waals surface area contributed by atoms with Crippen LogP contribution in [0.1, 0.15) is 35.7 Å². The van der Waals surface area contributed by atoms with E-state index in [0.717, 1.165) is 24.0 Å². The van der Waals surface area contributed by atoms with Gasteiger partial charge in [-0.05, 0) is 31.4 Å². The van der Waals surface area contributed by atoms with Crippen molar-refractivity contribution in [3.05, 3.63) is 84.1 Å². The minimum atomic E-state index is -1.18. The van der Waals surface area contributed by atoms with Gasteiger partial charge in [-0.2, -0.15) is 5.10 Å². The van der Waals surface area contributed by atoms with Crippen molar-refractivity contribution in [1.29, 1.82) is 0 Å². The molecule has 1 atom stereocenters. The second-order valence-corrected chi connectivity index (χ2v) is 8.73. The van der Waals surface area contributed by atoms with Crippen LogP contribution in [0.2, 0.25) is 0 Å². The molecule has 182 valence electrons. The quantitative estimate of drug-likeness (QED) is 0.388. The third-order valence-electron chi connectivity index (χ3n) is 5.88. The van der Waals surface area contributed by atoms with Crippen LogP contribution in [0.3, 0.4) is 0 Å². The molecular formula is C27H25N5O4. The first-order valence-electron chi connectivity index (χ1n) is 11.8. The van der Waals surface area contributed by atoms with Crippen LogP contribution in [0.25, 0.3) is 22.3 Å². The van der Waals surface area contributed by atoms with Gasteiger partial charge < -0.3 is 10.1 Å². The van der Waals surface area contributed by atoms with E-state index in [0.29, 0.717) is 23.3 Å². The largest absolute Gasteiger partial charge is 0.449 e. The number of carbonyl (C=O) groups excluding carboxylic acids is 3. The number of esters is 1. The fourth-order valence-corrected chi connectivity index (χ4v) is 3.79. The molecule has 1 aliphatic carbocycles. The highest BCUT2D eigenvalue weighted by Gasteiger charge is 2.27. The Morgan fingerprint density at radius 2 is 1.75 bits per heavy atom. The Balaban J connectivity index is 1.44. The lowest BCUT2D eigenvalue weighted by Crippen LogP contribution is -2.45. The minimum absolute atomic E-state index is 0.101. The Kier molecular flexibility index (Phi) is 6.44. The number of pyridine rings is 1. The van der Waals surface area contributed by atoms with Crippen molar-refractivity contribution in [2.45, 2.75) is 38.5 Å². The normalized spacial score (nSPS) is 13.7. The van der Waals surface area contributed by atoms with Gasteiger partial charge in [-0.25, -0.2) is 19.3 Å². The van der Waals surface area contributed by atoms with Gasteiger partial charge in [-0.1, -0.05) is 60.7 Å². The monoisotopic (exact) mass is 483 g/mol. The van der Waals surface area contributed by atoms with E-state index in [1.165, 1.54) is 6.92 Å². The summed E-state index contributed by atoms with van der Waals surface area (Å²) in [6, 6.07) is 20.4. The predicted molar refractivity (Wildman–Crippen MR) is 133 cm³/mol. The molecular weight excluding hydrogens is 458 g/mol. The van der Waals surface area contributed by atoms with Gasteiger partial charge in [0.1, 0.15) is 0 Å². The molecule has 0 radical (unpaired) electrons. The summed E-state index contributed by atoms with van der Waals surface area (Å²) in [4.78, 5) is 42.3. The van der Waals surface area contributed by atoms with E-state index in [-0.39, 0.29) is 11.6 Å². The van der Waals surface area contributed by atoms with Gasteiger partial charge >= 0.3 is 12.0 Å². The van der Waals surface area contributed by atoms with Crippen LogP contribution in [-0.4, -0.2) is 44.8 Å². The molecule has 36 heavy (non-hydrogen) atoms. The SMILES string of the molecule is CC(OC(=O)c1cc(-c2ccccc2)nc2c1cnn2Cc1ccccc1)C(=O)NC(=O)NC1CC1. The van der Waals surface area contributed by atoms with Crippen molar-refractivity contribution in [3.8, 4) is 11.3 Å². The van der Waals surface area contributed by atoms with E-state index in [2.05, 4.69) is 15.7 Å². The molecule has 0 saturated heterocycles. The number of nitrogens with zero attached hydrogens (tertiary/aromatic N) is 3. The molecule has 4 aromatic rings. The number of fused-ring (bicyclic) bond motifs is 1. The topological polar surface area (TPSA) is 115 Å². The number of ether oxygens (including phenoxy) is 1. The van der Waals surface area contributed by atoms with E-state index in [1.54, 1.807) is 16.9 Å². The summed E-state index contributed by atoms with van der Waals surface area (Å²) < 4.78 is 7.18. The highest BCUT2D eigenvalue weighted by molar-refractivity contribution is 6.05. The summed E-state index contributed by atoms with van der Waals surface area (Å²) in [6.07, 6.45) is 2.19. The number of amides is 3. The van der Waals surface area contributed by atoms with Crippen LogP contribution in [0, 0.1) is 0 Å². The number of benzene rings is 2. The number of carbonyl (C=O) groups is 3. The molecule has 9 heteroatoms. The molecule has 2 N–H and O–H groups in total. The van der Waals surface area contributed by atoms with Gasteiger partial charge in [0.25, 0.3) is 5.91 Å². The lowest BCUT2D eigenvalue weighted by Gasteiger charge is -2.14. The number of nitrogens with one attached hydrogen (secondary N) is 2. The van der Waals surface area contributed by atoms with Crippen LogP contribution in [0.4, 0.5) is 4.79 Å². The van der Waals surface area contributed by atoms with E-state index < -0.39 is 24.0 Å². The Morgan fingerprint density at radius 1 is 1.06 bits per heavy atom. The molecule has 1 unspecified atom stereocenters. The zero-order valence-corrected chi connectivity index (χ0v) is 19.7. The fraction of sp³-hybridized carbons (Fsp3) is 0.222. The van der Waals surface area contributed by atoms with E-state index in [1.807, 2.05) is 60.7 Å². The van der Waals surface area contributed by atoms with Gasteiger partial charge in [-0.3, -0.25) is 10.1 Å². The van der Waals surface area contributed by atoms with Gasteiger partial charge in [0.15, 0.2) is 11.8 Å². The summed E-state index contributed by atoms with van der Waals surface area (Å²) >= 11 is 0. The molecule has 1 saturated carbocycles. The van der Waals surface area contributed by atoms with Crippen molar-refractivity contribution >= 4 is 28.9 Å². The highest BCUT2D eigenvalue weighted by atomic mass is 16.5. The summed E-state index contributed by atoms with van der Waals surface area (Å²) in [5.41, 5.74) is 3.19. The lowest BCUT2D eigenvalue weighted by molar-refractivity contribution is -0.127. The molecule has 2 aromatic heterocycles. The predicted octanol–water partition coefficient (Wildman–Crippen LogP) is 3.68. The zero-order chi connectivity index (χ0) is 25.1. The molecule has 1 aliphatic rings. The van der Waals surface area contributed by atoms with Crippen LogP contribution in [-0.2, 0) is 16.1 Å². The third kappa shape index (κ3) is 5.25. The molecule has 0 bridgehead atoms. The second kappa shape index (κ2) is 9.99. The van der Waals surface area contributed by atoms with Crippen molar-refractivity contribution in [2.75, 3.05) is 0 Å². The molecule has 3 amide bonds. The van der Waals surface area contributed by atoms with Gasteiger partial charge in [0.05, 0.1) is 29.4 Å². The zero-order valence-electron chi connectivity index (χ0n) is 19.7. The molecule has 1 fully saturated rings. The highest BCUT2D eigenvalue weighted by Crippen LogP contribution is 2.26. The molecule has 2 aromatic carbocycles. The fourth-order valence-electron chi connectivity index (χ4n) is 3.79. The van der Waals surface area contributed by atoms with Crippen molar-refractivity contribution in [1.82, 2.24) is 25.4 Å². The Hall–Kier alpha value is -4.53. The van der Waals surface area contributed by atoms with Gasteiger partial charge in [0.2, 0.25) is 0 Å². The summed E-state index contributed by atoms with van der Waals surface area (Å²) in [5.74, 6) is -1.40. The van der Waals surface area contributed by atoms with Crippen LogP contribution in [0.5, 0.6) is 0 Å². The molecule has 2 heterocycles. The standard InChI is InChI=1S/C27H25N5O4/c1-17(25(33)31-27(35)29-20-12-13-20)36-26(34)21-14-23(19-10-6-3-7-11-19)30-24-22(21)15-28-32(24)16-18-8-4-2-5-9-18/h2-11,14-15,17,20H,12-13,16H2,1H3,(H2,29,31,33,35). The second-order valence-electron chi connectivity index (χ2n) is 8.73. The van der Waals surface area contributed by atoms with E-state index in [9.17, 15) is 14.4 Å². The average Bonchev–Trinajstić information content (AvgIpc) is 3.62. The van der Waals surface area contributed by atoms with Crippen molar-refractivity contribution in [3.63, 3.8) is 0 Å². The average molecular weight is 484 g/mol. The number of aromatic nitrogens is 3. The van der Waals surface area contributed by atoms with Gasteiger partial charge in [0, 0.05) is 11.6 Å². The number of imide groups is 1. The minimum Gasteiger partial charge on any atom is -0.449 e. The van der Waals surface area contributed by atoms with Crippen LogP contribution < -0.4 is 10.6 Å². The van der Waals surface area contributed by atoms with Gasteiger partial charge in [-0.15, -0.1) is 0 Å². The van der Waals surface area contributed by atoms with E-state index in [4.69, 9.17) is 9.72 Å². The summed E-state index contributed by atoms with van der Waals surface area (Å²) in [5, 5.41) is 9.86. The Morgan fingerprint density at radius 3 is 2.44 bits per heavy atom. The molecule has 5 rings (SSSR count). The third-order valence-corrected chi connectivity index (χ3v) is 5.88. The maximum Gasteiger partial charge on any atom is 0.339 e. The molecule has 9 nitrogen and oxygen atoms in total. The first kappa shape index (κ1) is 23.2. The summed E-state index contributed by atoms with van der Waals surface area (Å²) in [7, 11) is 0. The smallest absolute Gasteiger partial charge is 0.339 e. The van der Waals surface area contributed by atoms with E-state index >= 15 is 0 Å². The first-order valence-corrected chi connectivity index (χ1v) is 11.8. The maximum atomic E-state index is 13.2. The number of rotatable bonds is 7. The number of hydrogen-bond acceptors (Lipinski definition) is 6. The Bertz CT molecular complexity index is 1410. The number of urea groups is 1. The molecule has 0 aliphatic heterocycles. The molecule has 0 spiro atoms. The lowest BCUT2D eigenvalue weighted by atomic mass is 10.1. The summed E-state index contributed by atoms with van der Waals surface area (Å²) in [6.45, 7) is 1.89. The van der Waals surface area contributed by atoms with Crippen molar-refractivity contribution < 1.29 is 19.1 Å². The van der Waals surface area contributed by atoms with Crippen LogP contribution in [0.15, 0.2) is 72.9 Å². The van der Waals surface area contributed by atoms with Crippen LogP contribution >= 0.6 is 0 Å². The first-order chi connectivity index (χ1) is 17.5. The maximum absolute atomic E-state index is 13.2. The van der Waals surface area contributed by atoms with Crippen molar-refractivity contribution in [2.24, 2.45) is 0 Å².